The van der Waals surface area contributed by atoms with Crippen LogP contribution in [0.4, 0.5) is 0 Å². The van der Waals surface area contributed by atoms with Crippen LogP contribution in [0.2, 0.25) is 0 Å². The summed E-state index contributed by atoms with van der Waals surface area (Å²) in [5.74, 6) is 0.835. The number of aromatic nitrogens is 2. The maximum Gasteiger partial charge on any atom is 0.245 e. The largest absolute Gasteiger partial charge is 0.337 e. The van der Waals surface area contributed by atoms with E-state index in [1.807, 2.05) is 43.3 Å². The standard InChI is InChI=1S/C22H25N3O3S/c1-3-6-17-10-12-19(13-11-17)29(26,27)25-14-5-9-20(25)22-23-21(24-28-22)18-8-4-7-16(2)15-18/h4,7-8,10-13,15,20H,3,5-6,9,14H2,1-2H3. The van der Waals surface area contributed by atoms with E-state index in [4.69, 9.17) is 4.52 Å². The first-order chi connectivity index (χ1) is 14.0. The molecule has 2 heterocycles. The minimum absolute atomic E-state index is 0.308. The van der Waals surface area contributed by atoms with E-state index in [-0.39, 0.29) is 0 Å². The number of benzene rings is 2. The molecule has 1 aliphatic rings. The summed E-state index contributed by atoms with van der Waals surface area (Å²) in [5, 5.41) is 4.09. The third-order valence-electron chi connectivity index (χ3n) is 5.28. The molecule has 1 aliphatic heterocycles. The Balaban J connectivity index is 1.60. The maximum absolute atomic E-state index is 13.2. The number of hydrogen-bond acceptors (Lipinski definition) is 5. The topological polar surface area (TPSA) is 76.3 Å². The van der Waals surface area contributed by atoms with Gasteiger partial charge in [-0.15, -0.1) is 0 Å². The molecule has 7 heteroatoms. The summed E-state index contributed by atoms with van der Waals surface area (Å²) < 4.78 is 33.5. The molecule has 1 aromatic heterocycles. The van der Waals surface area contributed by atoms with Crippen molar-refractivity contribution in [3.63, 3.8) is 0 Å². The van der Waals surface area contributed by atoms with Crippen molar-refractivity contribution in [1.82, 2.24) is 14.4 Å². The van der Waals surface area contributed by atoms with Crippen molar-refractivity contribution < 1.29 is 12.9 Å². The number of aryl methyl sites for hydroxylation is 2. The minimum atomic E-state index is -3.62. The van der Waals surface area contributed by atoms with Gasteiger partial charge in [-0.1, -0.05) is 54.4 Å². The van der Waals surface area contributed by atoms with Gasteiger partial charge in [-0.3, -0.25) is 0 Å². The molecule has 1 fully saturated rings. The van der Waals surface area contributed by atoms with Crippen LogP contribution in [-0.2, 0) is 16.4 Å². The average Bonchev–Trinajstić information content (AvgIpc) is 3.38. The van der Waals surface area contributed by atoms with Gasteiger partial charge in [0, 0.05) is 12.1 Å². The van der Waals surface area contributed by atoms with Crippen molar-refractivity contribution in [3.05, 3.63) is 65.5 Å². The average molecular weight is 412 g/mol. The summed E-state index contributed by atoms with van der Waals surface area (Å²) in [6.07, 6.45) is 3.40. The predicted octanol–water partition coefficient (Wildman–Crippen LogP) is 4.52. The molecule has 4 rings (SSSR count). The van der Waals surface area contributed by atoms with Crippen LogP contribution in [0.25, 0.3) is 11.4 Å². The molecule has 1 saturated heterocycles. The van der Waals surface area contributed by atoms with Gasteiger partial charge in [0.15, 0.2) is 0 Å². The van der Waals surface area contributed by atoms with E-state index in [9.17, 15) is 8.42 Å². The highest BCUT2D eigenvalue weighted by Crippen LogP contribution is 2.36. The predicted molar refractivity (Wildman–Crippen MR) is 111 cm³/mol. The lowest BCUT2D eigenvalue weighted by Gasteiger charge is -2.21. The summed E-state index contributed by atoms with van der Waals surface area (Å²) in [7, 11) is -3.62. The quantitative estimate of drug-likeness (QED) is 0.596. The van der Waals surface area contributed by atoms with Crippen LogP contribution in [0, 0.1) is 6.92 Å². The molecular weight excluding hydrogens is 386 g/mol. The normalized spacial score (nSPS) is 17.7. The first-order valence-corrected chi connectivity index (χ1v) is 11.4. The van der Waals surface area contributed by atoms with Gasteiger partial charge < -0.3 is 4.52 Å². The number of rotatable bonds is 6. The summed E-state index contributed by atoms with van der Waals surface area (Å²) in [6.45, 7) is 4.56. The molecule has 0 N–H and O–H groups in total. The molecular formula is C22H25N3O3S. The molecule has 0 bridgehead atoms. The third-order valence-corrected chi connectivity index (χ3v) is 7.20. The second kappa shape index (κ2) is 8.08. The molecule has 0 saturated carbocycles. The number of nitrogens with zero attached hydrogens (tertiary/aromatic N) is 3. The van der Waals surface area contributed by atoms with Crippen LogP contribution < -0.4 is 0 Å². The maximum atomic E-state index is 13.2. The summed E-state index contributed by atoms with van der Waals surface area (Å²) >= 11 is 0. The molecule has 0 amide bonds. The Morgan fingerprint density at radius 1 is 1.17 bits per heavy atom. The van der Waals surface area contributed by atoms with Gasteiger partial charge >= 0.3 is 0 Å². The molecule has 0 radical (unpaired) electrons. The third kappa shape index (κ3) is 3.97. The van der Waals surface area contributed by atoms with Gasteiger partial charge in [0.05, 0.1) is 4.90 Å². The molecule has 1 atom stereocenters. The smallest absolute Gasteiger partial charge is 0.245 e. The molecule has 1 unspecified atom stereocenters. The van der Waals surface area contributed by atoms with Crippen molar-refractivity contribution in [2.24, 2.45) is 0 Å². The van der Waals surface area contributed by atoms with Crippen molar-refractivity contribution in [1.29, 1.82) is 0 Å². The molecule has 0 aliphatic carbocycles. The van der Waals surface area contributed by atoms with Crippen molar-refractivity contribution in [3.8, 4) is 11.4 Å². The molecule has 152 valence electrons. The highest BCUT2D eigenvalue weighted by molar-refractivity contribution is 7.89. The fourth-order valence-corrected chi connectivity index (χ4v) is 5.45. The Kier molecular flexibility index (Phi) is 5.52. The van der Waals surface area contributed by atoms with Crippen molar-refractivity contribution >= 4 is 10.0 Å². The van der Waals surface area contributed by atoms with E-state index in [2.05, 4.69) is 17.1 Å². The highest BCUT2D eigenvalue weighted by Gasteiger charge is 2.39. The van der Waals surface area contributed by atoms with E-state index in [1.54, 1.807) is 12.1 Å². The van der Waals surface area contributed by atoms with Crippen LogP contribution in [0.15, 0.2) is 57.9 Å². The summed E-state index contributed by atoms with van der Waals surface area (Å²) in [6, 6.07) is 14.6. The second-order valence-corrected chi connectivity index (χ2v) is 9.38. The van der Waals surface area contributed by atoms with E-state index in [0.29, 0.717) is 29.6 Å². The Bertz CT molecular complexity index is 1090. The monoisotopic (exact) mass is 411 g/mol. The molecule has 6 nitrogen and oxygen atoms in total. The van der Waals surface area contributed by atoms with Crippen LogP contribution in [0.1, 0.15) is 49.2 Å². The zero-order chi connectivity index (χ0) is 20.4. The van der Waals surface area contributed by atoms with Gasteiger partial charge in [0.25, 0.3) is 0 Å². The SMILES string of the molecule is CCCc1ccc(S(=O)(=O)N2CCCC2c2nc(-c3cccc(C)c3)no2)cc1. The van der Waals surface area contributed by atoms with Crippen LogP contribution in [-0.4, -0.2) is 29.4 Å². The van der Waals surface area contributed by atoms with E-state index in [0.717, 1.165) is 36.0 Å². The van der Waals surface area contributed by atoms with E-state index in [1.165, 1.54) is 4.31 Å². The van der Waals surface area contributed by atoms with Gasteiger partial charge in [0.1, 0.15) is 6.04 Å². The van der Waals surface area contributed by atoms with Crippen LogP contribution >= 0.6 is 0 Å². The summed E-state index contributed by atoms with van der Waals surface area (Å²) in [4.78, 5) is 4.82. The Morgan fingerprint density at radius 3 is 2.69 bits per heavy atom. The van der Waals surface area contributed by atoms with Gasteiger partial charge in [0.2, 0.25) is 21.7 Å². The minimum Gasteiger partial charge on any atom is -0.337 e. The van der Waals surface area contributed by atoms with Gasteiger partial charge in [-0.25, -0.2) is 8.42 Å². The van der Waals surface area contributed by atoms with Crippen LogP contribution in [0.5, 0.6) is 0 Å². The Hall–Kier alpha value is -2.51. The number of hydrogen-bond donors (Lipinski definition) is 0. The summed E-state index contributed by atoms with van der Waals surface area (Å²) in [5.41, 5.74) is 3.11. The molecule has 29 heavy (non-hydrogen) atoms. The number of sulfonamides is 1. The second-order valence-electron chi connectivity index (χ2n) is 7.49. The first kappa shape index (κ1) is 19.8. The lowest BCUT2D eigenvalue weighted by molar-refractivity contribution is 0.290. The van der Waals surface area contributed by atoms with Gasteiger partial charge in [-0.05, 0) is 49.9 Å². The van der Waals surface area contributed by atoms with Gasteiger partial charge in [-0.2, -0.15) is 9.29 Å². The fourth-order valence-electron chi connectivity index (χ4n) is 3.80. The molecule has 3 aromatic rings. The lowest BCUT2D eigenvalue weighted by atomic mass is 10.1. The molecule has 2 aromatic carbocycles. The van der Waals surface area contributed by atoms with Crippen molar-refractivity contribution in [2.75, 3.05) is 6.54 Å². The van der Waals surface area contributed by atoms with Crippen molar-refractivity contribution in [2.45, 2.75) is 50.5 Å². The Morgan fingerprint density at radius 2 is 1.97 bits per heavy atom. The first-order valence-electron chi connectivity index (χ1n) is 10.0. The Labute approximate surface area is 171 Å². The fraction of sp³-hybridized carbons (Fsp3) is 0.364. The zero-order valence-corrected chi connectivity index (χ0v) is 17.5. The van der Waals surface area contributed by atoms with E-state index >= 15 is 0 Å². The lowest BCUT2D eigenvalue weighted by Crippen LogP contribution is -2.30. The van der Waals surface area contributed by atoms with Crippen LogP contribution in [0.3, 0.4) is 0 Å². The highest BCUT2D eigenvalue weighted by atomic mass is 32.2. The van der Waals surface area contributed by atoms with E-state index < -0.39 is 16.1 Å². The molecule has 0 spiro atoms. The zero-order valence-electron chi connectivity index (χ0n) is 16.7.